The highest BCUT2D eigenvalue weighted by molar-refractivity contribution is 6.07. The van der Waals surface area contributed by atoms with Crippen LogP contribution < -0.4 is 9.47 Å². The van der Waals surface area contributed by atoms with Crippen LogP contribution in [0, 0.1) is 5.82 Å². The fraction of sp³-hybridized carbons (Fsp3) is 0.190. The zero-order chi connectivity index (χ0) is 21.8. The van der Waals surface area contributed by atoms with Gasteiger partial charge in [0.2, 0.25) is 0 Å². The average molecular weight is 414 g/mol. The van der Waals surface area contributed by atoms with Crippen LogP contribution in [0.25, 0.3) is 16.9 Å². The Balaban J connectivity index is 2.39. The van der Waals surface area contributed by atoms with Crippen LogP contribution in [-0.2, 0) is 9.47 Å². The lowest BCUT2D eigenvalue weighted by Gasteiger charge is -2.10. The average Bonchev–Trinajstić information content (AvgIpc) is 3.18. The second-order valence-electron chi connectivity index (χ2n) is 5.99. The van der Waals surface area contributed by atoms with Crippen LogP contribution in [0.1, 0.15) is 20.8 Å². The molecule has 9 heteroatoms. The number of hydrogen-bond acceptors (Lipinski definition) is 7. The lowest BCUT2D eigenvalue weighted by molar-refractivity contribution is 0.0549. The molecule has 1 heterocycles. The Labute approximate surface area is 171 Å². The molecule has 0 spiro atoms. The number of ether oxygens (including phenoxy) is 4. The van der Waals surface area contributed by atoms with Crippen LogP contribution in [0.2, 0.25) is 0 Å². The van der Waals surface area contributed by atoms with Crippen molar-refractivity contribution in [1.82, 2.24) is 9.78 Å². The van der Waals surface area contributed by atoms with Gasteiger partial charge in [-0.2, -0.15) is 5.10 Å². The first-order valence-electron chi connectivity index (χ1n) is 8.73. The first-order valence-corrected chi connectivity index (χ1v) is 8.73. The molecule has 0 radical (unpaired) electrons. The third kappa shape index (κ3) is 3.57. The van der Waals surface area contributed by atoms with Gasteiger partial charge in [-0.3, -0.25) is 0 Å². The smallest absolute Gasteiger partial charge is 0.357 e. The SMILES string of the molecule is COC(=O)c1c(-c2cc(OC)c(OC)cc2F)nn(-c2ccccc2)c1C(=O)OC. The molecule has 8 nitrogen and oxygen atoms in total. The Morgan fingerprint density at radius 2 is 1.50 bits per heavy atom. The second-order valence-corrected chi connectivity index (χ2v) is 5.99. The number of hydrogen-bond donors (Lipinski definition) is 0. The minimum absolute atomic E-state index is 0.0760. The van der Waals surface area contributed by atoms with E-state index in [1.165, 1.54) is 32.1 Å². The van der Waals surface area contributed by atoms with Gasteiger partial charge in [0.1, 0.15) is 17.1 Å². The summed E-state index contributed by atoms with van der Waals surface area (Å²) in [7, 11) is 5.08. The molecule has 0 atom stereocenters. The molecule has 0 bridgehead atoms. The lowest BCUT2D eigenvalue weighted by Crippen LogP contribution is -2.15. The zero-order valence-electron chi connectivity index (χ0n) is 16.8. The van der Waals surface area contributed by atoms with E-state index in [4.69, 9.17) is 18.9 Å². The van der Waals surface area contributed by atoms with E-state index in [9.17, 15) is 14.0 Å². The maximum absolute atomic E-state index is 15.0. The molecule has 0 unspecified atom stereocenters. The number of rotatable bonds is 6. The van der Waals surface area contributed by atoms with Crippen molar-refractivity contribution in [2.75, 3.05) is 28.4 Å². The van der Waals surface area contributed by atoms with Gasteiger partial charge in [0.15, 0.2) is 17.2 Å². The van der Waals surface area contributed by atoms with Crippen molar-refractivity contribution in [2.24, 2.45) is 0 Å². The van der Waals surface area contributed by atoms with Gasteiger partial charge in [0.25, 0.3) is 0 Å². The van der Waals surface area contributed by atoms with E-state index in [1.54, 1.807) is 30.3 Å². The van der Waals surface area contributed by atoms with Gasteiger partial charge >= 0.3 is 11.9 Å². The van der Waals surface area contributed by atoms with Gasteiger partial charge in [-0.15, -0.1) is 0 Å². The largest absolute Gasteiger partial charge is 0.493 e. The highest BCUT2D eigenvalue weighted by Crippen LogP contribution is 2.37. The summed E-state index contributed by atoms with van der Waals surface area (Å²) >= 11 is 0. The second kappa shape index (κ2) is 8.64. The maximum atomic E-state index is 15.0. The summed E-state index contributed by atoms with van der Waals surface area (Å²) in [4.78, 5) is 25.2. The van der Waals surface area contributed by atoms with Gasteiger partial charge < -0.3 is 18.9 Å². The molecule has 3 aromatic rings. The van der Waals surface area contributed by atoms with Crippen LogP contribution in [0.15, 0.2) is 42.5 Å². The lowest BCUT2D eigenvalue weighted by atomic mass is 10.0. The van der Waals surface area contributed by atoms with E-state index in [2.05, 4.69) is 5.10 Å². The molecule has 0 saturated carbocycles. The predicted octanol–water partition coefficient (Wildman–Crippen LogP) is 3.27. The molecule has 30 heavy (non-hydrogen) atoms. The van der Waals surface area contributed by atoms with Crippen LogP contribution >= 0.6 is 0 Å². The molecule has 0 fully saturated rings. The fourth-order valence-corrected chi connectivity index (χ4v) is 2.98. The highest BCUT2D eigenvalue weighted by Gasteiger charge is 2.32. The van der Waals surface area contributed by atoms with Crippen molar-refractivity contribution in [3.63, 3.8) is 0 Å². The van der Waals surface area contributed by atoms with Crippen molar-refractivity contribution in [3.05, 3.63) is 59.5 Å². The number of nitrogens with zero attached hydrogens (tertiary/aromatic N) is 2. The first kappa shape index (κ1) is 20.8. The van der Waals surface area contributed by atoms with Crippen molar-refractivity contribution >= 4 is 11.9 Å². The minimum Gasteiger partial charge on any atom is -0.493 e. The Hall–Kier alpha value is -3.88. The van der Waals surface area contributed by atoms with E-state index >= 15 is 0 Å². The van der Waals surface area contributed by atoms with Gasteiger partial charge in [0, 0.05) is 11.6 Å². The Kier molecular flexibility index (Phi) is 6.01. The van der Waals surface area contributed by atoms with E-state index in [-0.39, 0.29) is 34.0 Å². The standard InChI is InChI=1S/C21H19FN2O6/c1-27-15-10-13(14(22)11-16(15)28-2)18-17(20(25)29-3)19(21(26)30-4)24(23-18)12-8-6-5-7-9-12/h5-11H,1-4H3. The molecule has 0 amide bonds. The molecular formula is C21H19FN2O6. The molecule has 0 saturated heterocycles. The minimum atomic E-state index is -0.873. The third-order valence-corrected chi connectivity index (χ3v) is 4.38. The van der Waals surface area contributed by atoms with Crippen molar-refractivity contribution in [3.8, 4) is 28.4 Å². The number of carbonyl (C=O) groups is 2. The van der Waals surface area contributed by atoms with Crippen molar-refractivity contribution in [2.45, 2.75) is 0 Å². The predicted molar refractivity (Wildman–Crippen MR) is 105 cm³/mol. The Morgan fingerprint density at radius 3 is 2.07 bits per heavy atom. The molecule has 0 aliphatic carbocycles. The van der Waals surface area contributed by atoms with Gasteiger partial charge in [-0.1, -0.05) is 18.2 Å². The molecule has 0 aliphatic heterocycles. The summed E-state index contributed by atoms with van der Waals surface area (Å²) in [5, 5.41) is 4.36. The summed E-state index contributed by atoms with van der Waals surface area (Å²) in [6.07, 6.45) is 0. The summed E-state index contributed by atoms with van der Waals surface area (Å²) in [6.45, 7) is 0. The molecule has 0 N–H and O–H groups in total. The first-order chi connectivity index (χ1) is 14.5. The van der Waals surface area contributed by atoms with Crippen LogP contribution in [-0.4, -0.2) is 50.2 Å². The summed E-state index contributed by atoms with van der Waals surface area (Å²) < 4.78 is 36.2. The Bertz CT molecular complexity index is 1090. The van der Waals surface area contributed by atoms with Crippen LogP contribution in [0.3, 0.4) is 0 Å². The molecule has 3 rings (SSSR count). The monoisotopic (exact) mass is 414 g/mol. The number of halogens is 1. The molecule has 1 aromatic heterocycles. The summed E-state index contributed by atoms with van der Waals surface area (Å²) in [5.41, 5.74) is -0.147. The highest BCUT2D eigenvalue weighted by atomic mass is 19.1. The summed E-state index contributed by atoms with van der Waals surface area (Å²) in [6, 6.07) is 11.0. The van der Waals surface area contributed by atoms with E-state index < -0.39 is 17.8 Å². The molecule has 0 aliphatic rings. The van der Waals surface area contributed by atoms with E-state index in [0.717, 1.165) is 13.2 Å². The third-order valence-electron chi connectivity index (χ3n) is 4.38. The number of aromatic nitrogens is 2. The van der Waals surface area contributed by atoms with Gasteiger partial charge in [0.05, 0.1) is 34.1 Å². The van der Waals surface area contributed by atoms with E-state index in [0.29, 0.717) is 5.69 Å². The molecular weight excluding hydrogens is 395 g/mol. The topological polar surface area (TPSA) is 88.9 Å². The van der Waals surface area contributed by atoms with E-state index in [1.807, 2.05) is 0 Å². The summed E-state index contributed by atoms with van der Waals surface area (Å²) in [5.74, 6) is -2.06. The van der Waals surface area contributed by atoms with Crippen molar-refractivity contribution in [1.29, 1.82) is 0 Å². The fourth-order valence-electron chi connectivity index (χ4n) is 2.98. The number of para-hydroxylation sites is 1. The number of methoxy groups -OCH3 is 4. The number of esters is 2. The number of carbonyl (C=O) groups excluding carboxylic acids is 2. The van der Waals surface area contributed by atoms with Gasteiger partial charge in [-0.25, -0.2) is 18.7 Å². The molecule has 2 aromatic carbocycles. The van der Waals surface area contributed by atoms with Crippen LogP contribution in [0.4, 0.5) is 4.39 Å². The zero-order valence-corrected chi connectivity index (χ0v) is 16.8. The quantitative estimate of drug-likeness (QED) is 0.572. The Morgan fingerprint density at radius 1 is 0.900 bits per heavy atom. The van der Waals surface area contributed by atoms with Crippen LogP contribution in [0.5, 0.6) is 11.5 Å². The normalized spacial score (nSPS) is 10.4. The molecule has 156 valence electrons. The van der Waals surface area contributed by atoms with Crippen molar-refractivity contribution < 1.29 is 32.9 Å². The van der Waals surface area contributed by atoms with Gasteiger partial charge in [-0.05, 0) is 18.2 Å². The maximum Gasteiger partial charge on any atom is 0.357 e. The number of benzene rings is 2.